The van der Waals surface area contributed by atoms with Gasteiger partial charge in [-0.05, 0) is 24.8 Å². The largest absolute Gasteiger partial charge is 0.314 e. The first kappa shape index (κ1) is 13.2. The molecule has 0 aliphatic carbocycles. The molecule has 1 aromatic rings. The maximum absolute atomic E-state index is 3.55. The van der Waals surface area contributed by atoms with E-state index in [1.54, 1.807) is 0 Å². The molecule has 1 rings (SSSR count). The van der Waals surface area contributed by atoms with Crippen LogP contribution in [-0.4, -0.2) is 12.6 Å². The van der Waals surface area contributed by atoms with Crippen molar-refractivity contribution in [3.63, 3.8) is 0 Å². The van der Waals surface area contributed by atoms with Crippen LogP contribution in [0.25, 0.3) is 0 Å². The number of hydrogen-bond acceptors (Lipinski definition) is 1. The number of aryl methyl sites for hydroxylation is 1. The Hall–Kier alpha value is -0.820. The van der Waals surface area contributed by atoms with Crippen molar-refractivity contribution in [1.29, 1.82) is 0 Å². The van der Waals surface area contributed by atoms with E-state index in [0.717, 1.165) is 6.54 Å². The van der Waals surface area contributed by atoms with E-state index in [4.69, 9.17) is 0 Å². The van der Waals surface area contributed by atoms with Gasteiger partial charge in [0.15, 0.2) is 0 Å². The van der Waals surface area contributed by atoms with Crippen LogP contribution in [0.4, 0.5) is 0 Å². The third-order valence-corrected chi connectivity index (χ3v) is 2.92. The fraction of sp³-hybridized carbons (Fsp3) is 0.600. The second kappa shape index (κ2) is 6.70. The van der Waals surface area contributed by atoms with Crippen molar-refractivity contribution in [3.05, 3.63) is 35.4 Å². The Balaban J connectivity index is 2.68. The lowest BCUT2D eigenvalue weighted by molar-refractivity contribution is 0.504. The standard InChI is InChI=1S/C15H25N/c1-5-7-15(11-16-12(2)3)14-9-6-8-13(4)10-14/h6,8-10,12,15-16H,5,7,11H2,1-4H3. The van der Waals surface area contributed by atoms with Gasteiger partial charge in [0.2, 0.25) is 0 Å². The Bertz CT molecular complexity index is 304. The molecule has 16 heavy (non-hydrogen) atoms. The molecule has 0 spiro atoms. The summed E-state index contributed by atoms with van der Waals surface area (Å²) in [4.78, 5) is 0. The number of nitrogens with one attached hydrogen (secondary N) is 1. The molecule has 1 N–H and O–H groups in total. The van der Waals surface area contributed by atoms with Gasteiger partial charge >= 0.3 is 0 Å². The van der Waals surface area contributed by atoms with Crippen LogP contribution in [0.1, 0.15) is 50.7 Å². The highest BCUT2D eigenvalue weighted by Gasteiger charge is 2.10. The van der Waals surface area contributed by atoms with Gasteiger partial charge in [-0.1, -0.05) is 57.0 Å². The van der Waals surface area contributed by atoms with Crippen molar-refractivity contribution in [2.24, 2.45) is 0 Å². The van der Waals surface area contributed by atoms with Gasteiger partial charge in [0, 0.05) is 12.6 Å². The van der Waals surface area contributed by atoms with Crippen LogP contribution >= 0.6 is 0 Å². The Morgan fingerprint density at radius 1 is 1.25 bits per heavy atom. The highest BCUT2D eigenvalue weighted by Crippen LogP contribution is 2.21. The fourth-order valence-electron chi connectivity index (χ4n) is 2.04. The third-order valence-electron chi connectivity index (χ3n) is 2.92. The van der Waals surface area contributed by atoms with Crippen molar-refractivity contribution >= 4 is 0 Å². The van der Waals surface area contributed by atoms with E-state index < -0.39 is 0 Å². The summed E-state index contributed by atoms with van der Waals surface area (Å²) in [6.45, 7) is 9.94. The maximum Gasteiger partial charge on any atom is 0.00225 e. The lowest BCUT2D eigenvalue weighted by Gasteiger charge is -2.19. The van der Waals surface area contributed by atoms with E-state index in [1.807, 2.05) is 0 Å². The minimum absolute atomic E-state index is 0.573. The van der Waals surface area contributed by atoms with Gasteiger partial charge in [0.1, 0.15) is 0 Å². The minimum Gasteiger partial charge on any atom is -0.314 e. The molecule has 1 heteroatoms. The van der Waals surface area contributed by atoms with E-state index >= 15 is 0 Å². The quantitative estimate of drug-likeness (QED) is 0.765. The molecule has 0 saturated carbocycles. The lowest BCUT2D eigenvalue weighted by Crippen LogP contribution is -2.28. The van der Waals surface area contributed by atoms with Gasteiger partial charge in [-0.3, -0.25) is 0 Å². The van der Waals surface area contributed by atoms with Crippen LogP contribution in [-0.2, 0) is 0 Å². The summed E-state index contributed by atoms with van der Waals surface area (Å²) in [5, 5.41) is 3.55. The smallest absolute Gasteiger partial charge is 0.00225 e. The predicted molar refractivity (Wildman–Crippen MR) is 72.0 cm³/mol. The highest BCUT2D eigenvalue weighted by atomic mass is 14.9. The molecule has 1 unspecified atom stereocenters. The molecule has 90 valence electrons. The Labute approximate surface area is 100 Å². The van der Waals surface area contributed by atoms with Crippen molar-refractivity contribution < 1.29 is 0 Å². The molecule has 0 amide bonds. The van der Waals surface area contributed by atoms with Crippen molar-refractivity contribution in [3.8, 4) is 0 Å². The molecule has 1 nitrogen and oxygen atoms in total. The highest BCUT2D eigenvalue weighted by molar-refractivity contribution is 5.25. The zero-order chi connectivity index (χ0) is 12.0. The molecule has 0 aliphatic heterocycles. The molecule has 1 atom stereocenters. The van der Waals surface area contributed by atoms with Gasteiger partial charge < -0.3 is 5.32 Å². The Morgan fingerprint density at radius 2 is 2.00 bits per heavy atom. The summed E-state index contributed by atoms with van der Waals surface area (Å²) in [7, 11) is 0. The van der Waals surface area contributed by atoms with Gasteiger partial charge in [0.05, 0.1) is 0 Å². The zero-order valence-electron chi connectivity index (χ0n) is 11.1. The summed E-state index contributed by atoms with van der Waals surface area (Å²) in [6, 6.07) is 9.49. The summed E-state index contributed by atoms with van der Waals surface area (Å²) in [5.41, 5.74) is 2.85. The van der Waals surface area contributed by atoms with Crippen LogP contribution < -0.4 is 5.32 Å². The van der Waals surface area contributed by atoms with Gasteiger partial charge in [-0.25, -0.2) is 0 Å². The molecule has 0 bridgehead atoms. The molecule has 0 fully saturated rings. The first-order chi connectivity index (χ1) is 7.63. The second-order valence-corrected chi connectivity index (χ2v) is 4.96. The Morgan fingerprint density at radius 3 is 2.56 bits per heavy atom. The number of rotatable bonds is 6. The first-order valence-electron chi connectivity index (χ1n) is 6.43. The van der Waals surface area contributed by atoms with E-state index in [0.29, 0.717) is 12.0 Å². The molecule has 0 radical (unpaired) electrons. The van der Waals surface area contributed by atoms with Crippen molar-refractivity contribution in [2.75, 3.05) is 6.54 Å². The fourth-order valence-corrected chi connectivity index (χ4v) is 2.04. The lowest BCUT2D eigenvalue weighted by atomic mass is 9.93. The predicted octanol–water partition coefficient (Wildman–Crippen LogP) is 3.88. The topological polar surface area (TPSA) is 12.0 Å². The van der Waals surface area contributed by atoms with E-state index in [1.165, 1.54) is 24.0 Å². The maximum atomic E-state index is 3.55. The van der Waals surface area contributed by atoms with Crippen LogP contribution in [0.3, 0.4) is 0 Å². The third kappa shape index (κ3) is 4.36. The molecule has 1 aromatic carbocycles. The van der Waals surface area contributed by atoms with E-state index in [9.17, 15) is 0 Å². The first-order valence-corrected chi connectivity index (χ1v) is 6.43. The molecular formula is C15H25N. The average molecular weight is 219 g/mol. The van der Waals surface area contributed by atoms with Crippen LogP contribution in [0.2, 0.25) is 0 Å². The normalized spacial score (nSPS) is 13.1. The summed E-state index contributed by atoms with van der Waals surface area (Å²) in [6.07, 6.45) is 2.52. The van der Waals surface area contributed by atoms with Crippen LogP contribution in [0.5, 0.6) is 0 Å². The van der Waals surface area contributed by atoms with Gasteiger partial charge in [-0.2, -0.15) is 0 Å². The number of hydrogen-bond donors (Lipinski definition) is 1. The zero-order valence-corrected chi connectivity index (χ0v) is 11.1. The van der Waals surface area contributed by atoms with Crippen LogP contribution in [0, 0.1) is 6.92 Å². The SMILES string of the molecule is CCCC(CNC(C)C)c1cccc(C)c1. The molecule has 0 aliphatic rings. The summed E-state index contributed by atoms with van der Waals surface area (Å²) in [5.74, 6) is 0.660. The van der Waals surface area contributed by atoms with Gasteiger partial charge in [0.25, 0.3) is 0 Å². The average Bonchev–Trinajstić information content (AvgIpc) is 2.24. The van der Waals surface area contributed by atoms with Gasteiger partial charge in [-0.15, -0.1) is 0 Å². The van der Waals surface area contributed by atoms with E-state index in [-0.39, 0.29) is 0 Å². The van der Waals surface area contributed by atoms with Crippen LogP contribution in [0.15, 0.2) is 24.3 Å². The molecular weight excluding hydrogens is 194 g/mol. The summed E-state index contributed by atoms with van der Waals surface area (Å²) >= 11 is 0. The van der Waals surface area contributed by atoms with E-state index in [2.05, 4.69) is 57.3 Å². The summed E-state index contributed by atoms with van der Waals surface area (Å²) < 4.78 is 0. The van der Waals surface area contributed by atoms with Crippen molar-refractivity contribution in [1.82, 2.24) is 5.32 Å². The minimum atomic E-state index is 0.573. The molecule has 0 saturated heterocycles. The van der Waals surface area contributed by atoms with Crippen molar-refractivity contribution in [2.45, 2.75) is 52.5 Å². The second-order valence-electron chi connectivity index (χ2n) is 4.96. The molecule has 0 aromatic heterocycles. The number of benzene rings is 1. The Kier molecular flexibility index (Phi) is 5.54. The monoisotopic (exact) mass is 219 g/mol. The molecule has 0 heterocycles.